The molecule has 0 aliphatic carbocycles. The highest BCUT2D eigenvalue weighted by molar-refractivity contribution is 7.92. The van der Waals surface area contributed by atoms with Crippen LogP contribution in [0.5, 0.6) is 5.75 Å². The molecule has 1 N–H and O–H groups in total. The summed E-state index contributed by atoms with van der Waals surface area (Å²) >= 11 is 0. The first-order chi connectivity index (χ1) is 13.9. The Balaban J connectivity index is 1.77. The van der Waals surface area contributed by atoms with E-state index < -0.39 is 28.0 Å². The van der Waals surface area contributed by atoms with Crippen molar-refractivity contribution in [1.29, 1.82) is 0 Å². The molecule has 2 aromatic rings. The van der Waals surface area contributed by atoms with Gasteiger partial charge >= 0.3 is 5.97 Å². The van der Waals surface area contributed by atoms with E-state index in [0.29, 0.717) is 22.7 Å². The molecule has 0 saturated carbocycles. The number of carbonyl (C=O) groups excluding carboxylic acids is 2. The second-order valence-electron chi connectivity index (χ2n) is 6.29. The second kappa shape index (κ2) is 8.52. The van der Waals surface area contributed by atoms with Crippen LogP contribution >= 0.6 is 0 Å². The third kappa shape index (κ3) is 4.51. The van der Waals surface area contributed by atoms with E-state index in [1.165, 1.54) is 4.31 Å². The molecule has 1 atom stereocenters. The molecular formula is C20H22N2O6S. The third-order valence-electron chi connectivity index (χ3n) is 4.39. The fourth-order valence-corrected chi connectivity index (χ4v) is 4.01. The van der Waals surface area contributed by atoms with Crippen LogP contribution in [0.2, 0.25) is 0 Å². The Hall–Kier alpha value is -3.07. The number of carbonyl (C=O) groups is 2. The van der Waals surface area contributed by atoms with Crippen molar-refractivity contribution in [2.24, 2.45) is 0 Å². The number of nitrogens with zero attached hydrogens (tertiary/aromatic N) is 1. The average molecular weight is 418 g/mol. The van der Waals surface area contributed by atoms with Gasteiger partial charge in [0.2, 0.25) is 10.0 Å². The van der Waals surface area contributed by atoms with Crippen molar-refractivity contribution in [2.75, 3.05) is 28.5 Å². The Labute approximate surface area is 169 Å². The summed E-state index contributed by atoms with van der Waals surface area (Å²) in [7, 11) is -3.57. The molecule has 1 heterocycles. The molecule has 29 heavy (non-hydrogen) atoms. The number of sulfonamides is 1. The smallest absolute Gasteiger partial charge is 0.338 e. The van der Waals surface area contributed by atoms with E-state index in [1.807, 2.05) is 0 Å². The van der Waals surface area contributed by atoms with Gasteiger partial charge in [0.1, 0.15) is 5.75 Å². The van der Waals surface area contributed by atoms with Crippen molar-refractivity contribution in [3.8, 4) is 5.75 Å². The highest BCUT2D eigenvalue weighted by Gasteiger charge is 2.35. The number of benzene rings is 2. The Kier molecular flexibility index (Phi) is 6.07. The largest absolute Gasteiger partial charge is 0.476 e. The molecule has 1 amide bonds. The molecule has 9 heteroatoms. The highest BCUT2D eigenvalue weighted by Crippen LogP contribution is 2.35. The van der Waals surface area contributed by atoms with Crippen LogP contribution in [0.15, 0.2) is 48.5 Å². The molecular weight excluding hydrogens is 396 g/mol. The van der Waals surface area contributed by atoms with Crippen molar-refractivity contribution >= 4 is 33.3 Å². The van der Waals surface area contributed by atoms with E-state index in [4.69, 9.17) is 9.47 Å². The second-order valence-corrected chi connectivity index (χ2v) is 8.47. The summed E-state index contributed by atoms with van der Waals surface area (Å²) in [6, 6.07) is 12.9. The van der Waals surface area contributed by atoms with Gasteiger partial charge in [0.25, 0.3) is 5.91 Å². The van der Waals surface area contributed by atoms with E-state index in [1.54, 1.807) is 62.4 Å². The first-order valence-electron chi connectivity index (χ1n) is 9.20. The van der Waals surface area contributed by atoms with Crippen LogP contribution in [-0.4, -0.2) is 45.3 Å². The Bertz CT molecular complexity index is 1000. The molecule has 1 aliphatic heterocycles. The van der Waals surface area contributed by atoms with Crippen LogP contribution in [0.4, 0.5) is 11.4 Å². The first kappa shape index (κ1) is 20.7. The van der Waals surface area contributed by atoms with Crippen LogP contribution in [0.1, 0.15) is 24.2 Å². The minimum Gasteiger partial charge on any atom is -0.476 e. The number of rotatable bonds is 6. The monoisotopic (exact) mass is 418 g/mol. The van der Waals surface area contributed by atoms with Gasteiger partial charge in [-0.3, -0.25) is 9.10 Å². The topological polar surface area (TPSA) is 102 Å². The lowest BCUT2D eigenvalue weighted by molar-refractivity contribution is -0.122. The molecule has 0 unspecified atom stereocenters. The molecule has 0 bridgehead atoms. The van der Waals surface area contributed by atoms with Crippen LogP contribution in [0, 0.1) is 0 Å². The zero-order valence-corrected chi connectivity index (χ0v) is 16.9. The highest BCUT2D eigenvalue weighted by atomic mass is 32.2. The molecule has 0 spiro atoms. The average Bonchev–Trinajstić information content (AvgIpc) is 2.73. The molecule has 0 aromatic heterocycles. The summed E-state index contributed by atoms with van der Waals surface area (Å²) < 4.78 is 36.9. The maximum absolute atomic E-state index is 12.7. The van der Waals surface area contributed by atoms with Gasteiger partial charge in [-0.2, -0.15) is 0 Å². The maximum Gasteiger partial charge on any atom is 0.338 e. The number of esters is 1. The van der Waals surface area contributed by atoms with Crippen LogP contribution in [-0.2, 0) is 19.6 Å². The molecule has 154 valence electrons. The number of nitrogens with one attached hydrogen (secondary N) is 1. The van der Waals surface area contributed by atoms with Gasteiger partial charge in [0, 0.05) is 5.69 Å². The van der Waals surface area contributed by atoms with Crippen molar-refractivity contribution < 1.29 is 27.5 Å². The standard InChI is InChI=1S/C20H22N2O6S/c1-3-27-20(24)14-9-11-15(12-10-14)21-19(23)18-13-22(29(25,26)4-2)16-7-5-6-8-17(16)28-18/h5-12,18H,3-4,13H2,1-2H3,(H,21,23)/t18-/m1/s1. The number of amides is 1. The lowest BCUT2D eigenvalue weighted by atomic mass is 10.2. The van der Waals surface area contributed by atoms with Gasteiger partial charge in [0.15, 0.2) is 6.10 Å². The predicted octanol–water partition coefficient (Wildman–Crippen LogP) is 2.42. The minimum atomic E-state index is -3.57. The van der Waals surface area contributed by atoms with Gasteiger partial charge in [-0.1, -0.05) is 12.1 Å². The molecule has 0 saturated heterocycles. The van der Waals surface area contributed by atoms with E-state index in [9.17, 15) is 18.0 Å². The summed E-state index contributed by atoms with van der Waals surface area (Å²) in [6.45, 7) is 3.42. The van der Waals surface area contributed by atoms with E-state index >= 15 is 0 Å². The lowest BCUT2D eigenvalue weighted by Crippen LogP contribution is -2.49. The SMILES string of the molecule is CCOC(=O)c1ccc(NC(=O)[C@H]2CN(S(=O)(=O)CC)c3ccccc3O2)cc1. The molecule has 3 rings (SSSR count). The molecule has 8 nitrogen and oxygen atoms in total. The quantitative estimate of drug-likeness (QED) is 0.723. The summed E-state index contributed by atoms with van der Waals surface area (Å²) in [5.74, 6) is -0.698. The Morgan fingerprint density at radius 2 is 1.83 bits per heavy atom. The predicted molar refractivity (Wildman–Crippen MR) is 109 cm³/mol. The van der Waals surface area contributed by atoms with E-state index in [0.717, 1.165) is 0 Å². The Morgan fingerprint density at radius 3 is 2.48 bits per heavy atom. The maximum atomic E-state index is 12.7. The Morgan fingerprint density at radius 1 is 1.14 bits per heavy atom. The van der Waals surface area contributed by atoms with Crippen LogP contribution in [0.25, 0.3) is 0 Å². The number of para-hydroxylation sites is 2. The van der Waals surface area contributed by atoms with E-state index in [2.05, 4.69) is 5.32 Å². The fourth-order valence-electron chi connectivity index (χ4n) is 2.88. The number of hydrogen-bond donors (Lipinski definition) is 1. The summed E-state index contributed by atoms with van der Waals surface area (Å²) in [6.07, 6.45) is -1.02. The van der Waals surface area contributed by atoms with Crippen molar-refractivity contribution in [2.45, 2.75) is 20.0 Å². The summed E-state index contributed by atoms with van der Waals surface area (Å²) in [4.78, 5) is 24.4. The zero-order chi connectivity index (χ0) is 21.0. The summed E-state index contributed by atoms with van der Waals surface area (Å²) in [5.41, 5.74) is 1.24. The van der Waals surface area contributed by atoms with E-state index in [-0.39, 0.29) is 18.9 Å². The van der Waals surface area contributed by atoms with Crippen molar-refractivity contribution in [1.82, 2.24) is 0 Å². The van der Waals surface area contributed by atoms with Gasteiger partial charge < -0.3 is 14.8 Å². The molecule has 0 fully saturated rings. The van der Waals surface area contributed by atoms with Gasteiger partial charge in [0.05, 0.1) is 30.2 Å². The van der Waals surface area contributed by atoms with Crippen LogP contribution in [0.3, 0.4) is 0 Å². The van der Waals surface area contributed by atoms with Crippen molar-refractivity contribution in [3.05, 3.63) is 54.1 Å². The third-order valence-corrected chi connectivity index (χ3v) is 6.14. The number of hydrogen-bond acceptors (Lipinski definition) is 6. The minimum absolute atomic E-state index is 0.0923. The zero-order valence-electron chi connectivity index (χ0n) is 16.1. The number of fused-ring (bicyclic) bond motifs is 1. The first-order valence-corrected chi connectivity index (χ1v) is 10.8. The fraction of sp³-hybridized carbons (Fsp3) is 0.300. The molecule has 2 aromatic carbocycles. The molecule has 0 radical (unpaired) electrons. The van der Waals surface area contributed by atoms with Gasteiger partial charge in [-0.25, -0.2) is 13.2 Å². The van der Waals surface area contributed by atoms with Crippen LogP contribution < -0.4 is 14.4 Å². The molecule has 1 aliphatic rings. The van der Waals surface area contributed by atoms with Crippen molar-refractivity contribution in [3.63, 3.8) is 0 Å². The number of ether oxygens (including phenoxy) is 2. The lowest BCUT2D eigenvalue weighted by Gasteiger charge is -2.34. The normalized spacial score (nSPS) is 15.8. The van der Waals surface area contributed by atoms with Gasteiger partial charge in [-0.15, -0.1) is 0 Å². The van der Waals surface area contributed by atoms with Gasteiger partial charge in [-0.05, 0) is 50.2 Å². The summed E-state index contributed by atoms with van der Waals surface area (Å²) in [5, 5.41) is 2.69. The number of anilines is 2.